The molecule has 1 heterocycles. The number of nitrogens with two attached hydrogens (primary N) is 1. The Balaban J connectivity index is 2.26. The zero-order valence-corrected chi connectivity index (χ0v) is 11.5. The molecule has 0 saturated heterocycles. The first-order valence-corrected chi connectivity index (χ1v) is 6.51. The molecule has 0 aliphatic carbocycles. The number of hydrogen-bond acceptors (Lipinski definition) is 4. The average molecular weight is 296 g/mol. The standard InChI is InChI=1S/C12H10ClN3O2S/c1-6-9(19-12(15-6)10(14)17)11(18)16-8-5-3-2-4-7(8)13/h2-5H,1H3,(H2,14,17)(H,16,18). The molecule has 2 aromatic rings. The summed E-state index contributed by atoms with van der Waals surface area (Å²) in [7, 11) is 0. The second kappa shape index (κ2) is 5.38. The van der Waals surface area contributed by atoms with E-state index in [9.17, 15) is 9.59 Å². The summed E-state index contributed by atoms with van der Waals surface area (Å²) >= 11 is 6.91. The van der Waals surface area contributed by atoms with E-state index in [1.165, 1.54) is 0 Å². The maximum Gasteiger partial charge on any atom is 0.277 e. The van der Waals surface area contributed by atoms with Crippen LogP contribution < -0.4 is 11.1 Å². The van der Waals surface area contributed by atoms with Crippen LogP contribution in [0.4, 0.5) is 5.69 Å². The van der Waals surface area contributed by atoms with E-state index in [-0.39, 0.29) is 10.9 Å². The highest BCUT2D eigenvalue weighted by Crippen LogP contribution is 2.23. The van der Waals surface area contributed by atoms with Gasteiger partial charge in [-0.25, -0.2) is 4.98 Å². The van der Waals surface area contributed by atoms with Gasteiger partial charge in [0.15, 0.2) is 5.01 Å². The van der Waals surface area contributed by atoms with Gasteiger partial charge in [-0.3, -0.25) is 9.59 Å². The number of aryl methyl sites for hydroxylation is 1. The quantitative estimate of drug-likeness (QED) is 0.912. The SMILES string of the molecule is Cc1nc(C(N)=O)sc1C(=O)Nc1ccccc1Cl. The van der Waals surface area contributed by atoms with Crippen LogP contribution in [0.15, 0.2) is 24.3 Å². The molecule has 2 amide bonds. The minimum Gasteiger partial charge on any atom is -0.364 e. The summed E-state index contributed by atoms with van der Waals surface area (Å²) < 4.78 is 0. The molecule has 0 spiro atoms. The van der Waals surface area contributed by atoms with Crippen LogP contribution in [-0.2, 0) is 0 Å². The maximum atomic E-state index is 12.1. The third-order valence-electron chi connectivity index (χ3n) is 2.34. The van der Waals surface area contributed by atoms with Crippen molar-refractivity contribution in [3.05, 3.63) is 44.9 Å². The minimum absolute atomic E-state index is 0.113. The number of rotatable bonds is 3. The molecule has 2 rings (SSSR count). The number of primary amides is 1. The Bertz CT molecular complexity index is 654. The van der Waals surface area contributed by atoms with E-state index in [1.54, 1.807) is 31.2 Å². The normalized spacial score (nSPS) is 10.2. The van der Waals surface area contributed by atoms with Crippen LogP contribution >= 0.6 is 22.9 Å². The van der Waals surface area contributed by atoms with E-state index in [4.69, 9.17) is 17.3 Å². The molecule has 5 nitrogen and oxygen atoms in total. The molecule has 0 aliphatic heterocycles. The first-order chi connectivity index (χ1) is 8.99. The van der Waals surface area contributed by atoms with Crippen LogP contribution in [0.2, 0.25) is 5.02 Å². The fraction of sp³-hybridized carbons (Fsp3) is 0.0833. The third-order valence-corrected chi connectivity index (χ3v) is 3.84. The summed E-state index contributed by atoms with van der Waals surface area (Å²) in [6.07, 6.45) is 0. The first-order valence-electron chi connectivity index (χ1n) is 5.32. The van der Waals surface area contributed by atoms with Gasteiger partial charge >= 0.3 is 0 Å². The van der Waals surface area contributed by atoms with E-state index in [0.717, 1.165) is 11.3 Å². The maximum absolute atomic E-state index is 12.1. The van der Waals surface area contributed by atoms with Gasteiger partial charge in [0.1, 0.15) is 4.88 Å². The van der Waals surface area contributed by atoms with Gasteiger partial charge in [0.2, 0.25) is 0 Å². The molecule has 0 bridgehead atoms. The minimum atomic E-state index is -0.648. The van der Waals surface area contributed by atoms with Crippen LogP contribution in [-0.4, -0.2) is 16.8 Å². The van der Waals surface area contributed by atoms with Crippen molar-refractivity contribution in [3.63, 3.8) is 0 Å². The number of aromatic nitrogens is 1. The van der Waals surface area contributed by atoms with Gasteiger partial charge < -0.3 is 11.1 Å². The fourth-order valence-electron chi connectivity index (χ4n) is 1.45. The van der Waals surface area contributed by atoms with Crippen molar-refractivity contribution >= 4 is 40.4 Å². The lowest BCUT2D eigenvalue weighted by atomic mass is 10.3. The number of benzene rings is 1. The number of nitrogens with one attached hydrogen (secondary N) is 1. The Hall–Kier alpha value is -1.92. The monoisotopic (exact) mass is 295 g/mol. The zero-order valence-electron chi connectivity index (χ0n) is 9.94. The molecule has 1 aromatic carbocycles. The molecule has 19 heavy (non-hydrogen) atoms. The van der Waals surface area contributed by atoms with Crippen LogP contribution in [0.25, 0.3) is 0 Å². The predicted molar refractivity (Wildman–Crippen MR) is 74.8 cm³/mol. The number of hydrogen-bond donors (Lipinski definition) is 2. The van der Waals surface area contributed by atoms with Gasteiger partial charge in [0.05, 0.1) is 16.4 Å². The topological polar surface area (TPSA) is 85.1 Å². The molecule has 1 aromatic heterocycles. The summed E-state index contributed by atoms with van der Waals surface area (Å²) in [4.78, 5) is 27.4. The highest BCUT2D eigenvalue weighted by atomic mass is 35.5. The second-order valence-corrected chi connectivity index (χ2v) is 5.14. The lowest BCUT2D eigenvalue weighted by Gasteiger charge is -2.05. The van der Waals surface area contributed by atoms with Crippen molar-refractivity contribution < 1.29 is 9.59 Å². The lowest BCUT2D eigenvalue weighted by molar-refractivity contribution is 0.0997. The highest BCUT2D eigenvalue weighted by molar-refractivity contribution is 7.15. The van der Waals surface area contributed by atoms with Gasteiger partial charge in [-0.1, -0.05) is 23.7 Å². The number of thiazole rings is 1. The highest BCUT2D eigenvalue weighted by Gasteiger charge is 2.18. The molecule has 7 heteroatoms. The van der Waals surface area contributed by atoms with Crippen LogP contribution in [0.3, 0.4) is 0 Å². The number of nitrogens with zero attached hydrogens (tertiary/aromatic N) is 1. The number of para-hydroxylation sites is 1. The Labute approximate surface area is 118 Å². The van der Waals surface area contributed by atoms with E-state index in [1.807, 2.05) is 0 Å². The van der Waals surface area contributed by atoms with E-state index < -0.39 is 5.91 Å². The summed E-state index contributed by atoms with van der Waals surface area (Å²) in [5.74, 6) is -1.01. The Morgan fingerprint density at radius 3 is 2.63 bits per heavy atom. The van der Waals surface area contributed by atoms with Crippen molar-refractivity contribution in [2.45, 2.75) is 6.92 Å². The zero-order chi connectivity index (χ0) is 14.0. The lowest BCUT2D eigenvalue weighted by Crippen LogP contribution is -2.11. The number of halogens is 1. The van der Waals surface area contributed by atoms with Gasteiger partial charge in [0.25, 0.3) is 11.8 Å². The molecule has 0 radical (unpaired) electrons. The summed E-state index contributed by atoms with van der Waals surface area (Å²) in [5, 5.41) is 3.22. The fourth-order valence-corrected chi connectivity index (χ4v) is 2.45. The molecular weight excluding hydrogens is 286 g/mol. The second-order valence-electron chi connectivity index (χ2n) is 3.73. The van der Waals surface area contributed by atoms with E-state index in [0.29, 0.717) is 21.3 Å². The number of anilines is 1. The number of amides is 2. The van der Waals surface area contributed by atoms with E-state index >= 15 is 0 Å². The van der Waals surface area contributed by atoms with Crippen molar-refractivity contribution in [3.8, 4) is 0 Å². The van der Waals surface area contributed by atoms with Crippen molar-refractivity contribution in [2.24, 2.45) is 5.73 Å². The van der Waals surface area contributed by atoms with Gasteiger partial charge in [-0.15, -0.1) is 11.3 Å². The van der Waals surface area contributed by atoms with Crippen LogP contribution in [0, 0.1) is 6.92 Å². The van der Waals surface area contributed by atoms with Crippen LogP contribution in [0.5, 0.6) is 0 Å². The van der Waals surface area contributed by atoms with Crippen molar-refractivity contribution in [1.29, 1.82) is 0 Å². The molecule has 98 valence electrons. The van der Waals surface area contributed by atoms with Gasteiger partial charge in [0, 0.05) is 0 Å². The summed E-state index contributed by atoms with van der Waals surface area (Å²) in [6.45, 7) is 1.64. The molecule has 3 N–H and O–H groups in total. The molecular formula is C12H10ClN3O2S. The van der Waals surface area contributed by atoms with Gasteiger partial charge in [-0.05, 0) is 19.1 Å². The molecule has 0 unspecified atom stereocenters. The Morgan fingerprint density at radius 1 is 1.37 bits per heavy atom. The molecule has 0 atom stereocenters. The Kier molecular flexibility index (Phi) is 3.82. The molecule has 0 saturated carbocycles. The third kappa shape index (κ3) is 2.91. The number of carbonyl (C=O) groups is 2. The molecule has 0 aliphatic rings. The van der Waals surface area contributed by atoms with E-state index in [2.05, 4.69) is 10.3 Å². The summed E-state index contributed by atoms with van der Waals surface area (Å²) in [6, 6.07) is 6.88. The smallest absolute Gasteiger partial charge is 0.277 e. The number of carbonyl (C=O) groups excluding carboxylic acids is 2. The first kappa shape index (κ1) is 13.5. The average Bonchev–Trinajstić information content (AvgIpc) is 2.74. The van der Waals surface area contributed by atoms with Crippen molar-refractivity contribution in [2.75, 3.05) is 5.32 Å². The van der Waals surface area contributed by atoms with Gasteiger partial charge in [-0.2, -0.15) is 0 Å². The van der Waals surface area contributed by atoms with Crippen molar-refractivity contribution in [1.82, 2.24) is 4.98 Å². The van der Waals surface area contributed by atoms with Crippen LogP contribution in [0.1, 0.15) is 25.2 Å². The summed E-state index contributed by atoms with van der Waals surface area (Å²) in [5.41, 5.74) is 6.09. The predicted octanol–water partition coefficient (Wildman–Crippen LogP) is 2.46. The largest absolute Gasteiger partial charge is 0.364 e. The molecule has 0 fully saturated rings. The Morgan fingerprint density at radius 2 is 2.05 bits per heavy atom.